The molecular formula is C15H38. The molecule has 0 heterocycles. The van der Waals surface area contributed by atoms with Crippen molar-refractivity contribution >= 4 is 0 Å². The van der Waals surface area contributed by atoms with Crippen LogP contribution in [0.15, 0.2) is 0 Å². The molecular weight excluding hydrogens is 180 g/mol. The third-order valence-electron chi connectivity index (χ3n) is 0.866. The number of hydrogen-bond donors (Lipinski definition) is 0. The highest BCUT2D eigenvalue weighted by Gasteiger charge is 2.12. The predicted molar refractivity (Wildman–Crippen MR) is 77.6 cm³/mol. The van der Waals surface area contributed by atoms with Crippen LogP contribution in [-0.2, 0) is 0 Å². The van der Waals surface area contributed by atoms with E-state index in [-0.39, 0.29) is 0 Å². The van der Waals surface area contributed by atoms with Crippen molar-refractivity contribution in [3.05, 3.63) is 0 Å². The lowest BCUT2D eigenvalue weighted by Crippen LogP contribution is -1.42. The first-order valence-electron chi connectivity index (χ1n) is 7.14. The van der Waals surface area contributed by atoms with Gasteiger partial charge in [-0.15, -0.1) is 0 Å². The molecule has 0 saturated heterocycles. The van der Waals surface area contributed by atoms with Gasteiger partial charge in [0.05, 0.1) is 0 Å². The summed E-state index contributed by atoms with van der Waals surface area (Å²) < 4.78 is 0. The molecule has 0 aromatic carbocycles. The van der Waals surface area contributed by atoms with Crippen LogP contribution in [0.3, 0.4) is 0 Å². The molecule has 98 valence electrons. The molecule has 0 unspecified atom stereocenters. The first-order valence-corrected chi connectivity index (χ1v) is 7.14. The molecule has 1 aliphatic rings. The maximum atomic E-state index is 2.28. The quantitative estimate of drug-likeness (QED) is 0.425. The Hall–Kier alpha value is 0. The maximum absolute atomic E-state index is 2.28. The van der Waals surface area contributed by atoms with Crippen molar-refractivity contribution in [2.24, 2.45) is 5.92 Å². The second kappa shape index (κ2) is 37.0. The highest BCUT2D eigenvalue weighted by molar-refractivity contribution is 4.65. The zero-order chi connectivity index (χ0) is 13.1. The van der Waals surface area contributed by atoms with Crippen LogP contribution in [0.2, 0.25) is 0 Å². The van der Waals surface area contributed by atoms with E-state index in [4.69, 9.17) is 0 Å². The molecule has 0 spiro atoms. The van der Waals surface area contributed by atoms with Gasteiger partial charge in [-0.05, 0) is 5.92 Å². The first-order chi connectivity index (χ1) is 7.14. The van der Waals surface area contributed by atoms with E-state index in [1.807, 2.05) is 13.8 Å². The Morgan fingerprint density at radius 3 is 0.733 bits per heavy atom. The van der Waals surface area contributed by atoms with Crippen LogP contribution in [0.25, 0.3) is 0 Å². The fourth-order valence-electron chi connectivity index (χ4n) is 0.167. The molecule has 0 aromatic heterocycles. The van der Waals surface area contributed by atoms with Gasteiger partial charge in [0.15, 0.2) is 0 Å². The summed E-state index contributed by atoms with van der Waals surface area (Å²) >= 11 is 0. The van der Waals surface area contributed by atoms with Crippen LogP contribution in [0.1, 0.15) is 94.4 Å². The summed E-state index contributed by atoms with van der Waals surface area (Å²) in [6, 6.07) is 0. The van der Waals surface area contributed by atoms with Crippen LogP contribution in [0, 0.1) is 5.92 Å². The van der Waals surface area contributed by atoms with Gasteiger partial charge >= 0.3 is 0 Å². The van der Waals surface area contributed by atoms with Crippen molar-refractivity contribution in [3.8, 4) is 0 Å². The van der Waals surface area contributed by atoms with Gasteiger partial charge < -0.3 is 0 Å². The summed E-state index contributed by atoms with van der Waals surface area (Å²) in [5, 5.41) is 0. The summed E-state index contributed by atoms with van der Waals surface area (Å²) in [4.78, 5) is 0. The minimum Gasteiger partial charge on any atom is -0.0683 e. The molecule has 1 aliphatic carbocycles. The average Bonchev–Trinajstić information content (AvgIpc) is 2.95. The minimum atomic E-state index is 1.08. The Bertz CT molecular complexity index is 39.2. The second-order valence-corrected chi connectivity index (χ2v) is 3.80. The minimum absolute atomic E-state index is 1.08. The van der Waals surface area contributed by atoms with Gasteiger partial charge in [0.2, 0.25) is 0 Å². The summed E-state index contributed by atoms with van der Waals surface area (Å²) in [5.41, 5.74) is 0. The lowest BCUT2D eigenvalue weighted by atomic mass is 10.5. The molecule has 0 amide bonds. The van der Waals surface area contributed by atoms with Gasteiger partial charge in [-0.2, -0.15) is 0 Å². The highest BCUT2D eigenvalue weighted by atomic mass is 14.2. The van der Waals surface area contributed by atoms with Gasteiger partial charge in [0.25, 0.3) is 0 Å². The van der Waals surface area contributed by atoms with Crippen LogP contribution in [-0.4, -0.2) is 0 Å². The molecule has 1 fully saturated rings. The Morgan fingerprint density at radius 1 is 0.667 bits per heavy atom. The fourth-order valence-corrected chi connectivity index (χ4v) is 0.167. The van der Waals surface area contributed by atoms with Crippen LogP contribution >= 0.6 is 0 Å². The van der Waals surface area contributed by atoms with Gasteiger partial charge in [0.1, 0.15) is 0 Å². The van der Waals surface area contributed by atoms with Crippen molar-refractivity contribution < 1.29 is 0 Å². The zero-order valence-corrected chi connectivity index (χ0v) is 13.1. The molecule has 1 rings (SSSR count). The van der Waals surface area contributed by atoms with E-state index < -0.39 is 0 Å². The molecule has 0 bridgehead atoms. The predicted octanol–water partition coefficient (Wildman–Crippen LogP) is 6.69. The molecule has 0 aliphatic heterocycles. The van der Waals surface area contributed by atoms with Crippen molar-refractivity contribution in [2.75, 3.05) is 0 Å². The Morgan fingerprint density at radius 2 is 0.733 bits per heavy atom. The van der Waals surface area contributed by atoms with E-state index in [2.05, 4.69) is 48.5 Å². The molecule has 0 aromatic rings. The fraction of sp³-hybridized carbons (Fsp3) is 1.00. The summed E-state index contributed by atoms with van der Waals surface area (Å²) in [6.45, 7) is 19.0. The standard InChI is InChI=1S/C4H8.3C3H8.C2H6/c1-4-2-3-4;3*1-3-2;1-2/h4H,2-3H2,1H3;3*3H2,1-2H3;1-2H3. The number of rotatable bonds is 0. The maximum Gasteiger partial charge on any atom is -0.0443 e. The summed E-state index contributed by atoms with van der Waals surface area (Å²) in [7, 11) is 0. The Labute approximate surface area is 101 Å². The highest BCUT2D eigenvalue weighted by Crippen LogP contribution is 2.26. The summed E-state index contributed by atoms with van der Waals surface area (Å²) in [5.74, 6) is 1.08. The Balaban J connectivity index is -0.0000000517. The van der Waals surface area contributed by atoms with Crippen LogP contribution in [0.5, 0.6) is 0 Å². The van der Waals surface area contributed by atoms with Gasteiger partial charge in [0, 0.05) is 0 Å². The van der Waals surface area contributed by atoms with Crippen molar-refractivity contribution in [1.82, 2.24) is 0 Å². The SMILES string of the molecule is CC.CC1CC1.CCC.CCC.CCC. The second-order valence-electron chi connectivity index (χ2n) is 3.80. The molecule has 15 heavy (non-hydrogen) atoms. The average molecular weight is 218 g/mol. The lowest BCUT2D eigenvalue weighted by Gasteiger charge is -1.53. The molecule has 1 saturated carbocycles. The van der Waals surface area contributed by atoms with Crippen LogP contribution < -0.4 is 0 Å². The molecule has 0 radical (unpaired) electrons. The summed E-state index contributed by atoms with van der Waals surface area (Å²) in [6.07, 6.45) is 6.72. The van der Waals surface area contributed by atoms with Crippen molar-refractivity contribution in [3.63, 3.8) is 0 Å². The van der Waals surface area contributed by atoms with Crippen LogP contribution in [0.4, 0.5) is 0 Å². The largest absolute Gasteiger partial charge is 0.0683 e. The van der Waals surface area contributed by atoms with Gasteiger partial charge in [-0.3, -0.25) is 0 Å². The van der Waals surface area contributed by atoms with Gasteiger partial charge in [-0.1, -0.05) is 94.4 Å². The zero-order valence-electron chi connectivity index (χ0n) is 13.1. The third-order valence-corrected chi connectivity index (χ3v) is 0.866. The molecule has 0 N–H and O–H groups in total. The Kier molecular flexibility index (Phi) is 59.9. The monoisotopic (exact) mass is 218 g/mol. The normalized spacial score (nSPS) is 11.0. The third kappa shape index (κ3) is 224. The van der Waals surface area contributed by atoms with Gasteiger partial charge in [-0.25, -0.2) is 0 Å². The van der Waals surface area contributed by atoms with E-state index in [1.165, 1.54) is 32.1 Å². The number of hydrogen-bond acceptors (Lipinski definition) is 0. The first kappa shape index (κ1) is 24.3. The topological polar surface area (TPSA) is 0 Å². The van der Waals surface area contributed by atoms with E-state index in [9.17, 15) is 0 Å². The van der Waals surface area contributed by atoms with E-state index in [1.54, 1.807) is 0 Å². The smallest absolute Gasteiger partial charge is 0.0443 e. The molecule has 0 atom stereocenters. The van der Waals surface area contributed by atoms with Crippen molar-refractivity contribution in [2.45, 2.75) is 94.4 Å². The molecule has 0 heteroatoms. The van der Waals surface area contributed by atoms with E-state index in [0.29, 0.717) is 0 Å². The van der Waals surface area contributed by atoms with Crippen molar-refractivity contribution in [1.29, 1.82) is 0 Å². The lowest BCUT2D eigenvalue weighted by molar-refractivity contribution is 0.983. The van der Waals surface area contributed by atoms with E-state index >= 15 is 0 Å². The van der Waals surface area contributed by atoms with E-state index in [0.717, 1.165) is 5.92 Å². The molecule has 0 nitrogen and oxygen atoms in total.